The van der Waals surface area contributed by atoms with Gasteiger partial charge in [0.15, 0.2) is 5.54 Å². The molecule has 2 aliphatic heterocycles. The third-order valence-corrected chi connectivity index (χ3v) is 7.09. The number of H-pyrrole nitrogens is 1. The summed E-state index contributed by atoms with van der Waals surface area (Å²) in [5.74, 6) is -0.375. The molecule has 34 heavy (non-hydrogen) atoms. The zero-order chi connectivity index (χ0) is 24.0. The highest BCUT2D eigenvalue weighted by Gasteiger charge is 2.59. The van der Waals surface area contributed by atoms with Crippen molar-refractivity contribution in [2.75, 3.05) is 24.5 Å². The van der Waals surface area contributed by atoms with Crippen LogP contribution < -0.4 is 4.90 Å². The molecule has 7 heteroatoms. The lowest BCUT2D eigenvalue weighted by Crippen LogP contribution is -2.49. The van der Waals surface area contributed by atoms with Gasteiger partial charge < -0.3 is 14.8 Å². The van der Waals surface area contributed by atoms with Gasteiger partial charge >= 0.3 is 6.03 Å². The van der Waals surface area contributed by atoms with Gasteiger partial charge in [-0.2, -0.15) is 0 Å². The lowest BCUT2D eigenvalue weighted by atomic mass is 9.87. The number of anilines is 1. The van der Waals surface area contributed by atoms with Crippen LogP contribution in [0.1, 0.15) is 55.2 Å². The van der Waals surface area contributed by atoms with Crippen LogP contribution in [0.15, 0.2) is 48.5 Å². The number of aromatic amines is 1. The lowest BCUT2D eigenvalue weighted by molar-refractivity contribution is -0.125. The average Bonchev–Trinajstić information content (AvgIpc) is 3.32. The summed E-state index contributed by atoms with van der Waals surface area (Å²) in [5.41, 5.74) is 2.65. The van der Waals surface area contributed by atoms with Crippen LogP contribution in [0.3, 0.4) is 0 Å². The number of aromatic nitrogens is 1. The van der Waals surface area contributed by atoms with Gasteiger partial charge in [0, 0.05) is 36.1 Å². The van der Waals surface area contributed by atoms with Crippen molar-refractivity contribution in [2.24, 2.45) is 0 Å². The van der Waals surface area contributed by atoms with Gasteiger partial charge in [-0.1, -0.05) is 38.1 Å². The monoisotopic (exact) mass is 458 g/mol. The first-order valence-electron chi connectivity index (χ1n) is 12.1. The Hall–Kier alpha value is -3.61. The molecule has 3 aromatic rings. The van der Waals surface area contributed by atoms with Gasteiger partial charge in [0.05, 0.1) is 11.4 Å². The highest BCUT2D eigenvalue weighted by Crippen LogP contribution is 2.45. The maximum Gasteiger partial charge on any atom is 0.332 e. The number of rotatable bonds is 6. The predicted molar refractivity (Wildman–Crippen MR) is 132 cm³/mol. The van der Waals surface area contributed by atoms with Gasteiger partial charge in [0.1, 0.15) is 0 Å². The lowest BCUT2D eigenvalue weighted by Gasteiger charge is -2.35. The summed E-state index contributed by atoms with van der Waals surface area (Å²) in [5, 5.41) is 1.09. The van der Waals surface area contributed by atoms with Crippen molar-refractivity contribution in [3.05, 3.63) is 65.4 Å². The number of hydrogen-bond donors (Lipinski definition) is 1. The topological polar surface area (TPSA) is 76.7 Å². The molecule has 0 aliphatic carbocycles. The van der Waals surface area contributed by atoms with E-state index in [1.54, 1.807) is 29.2 Å². The summed E-state index contributed by atoms with van der Waals surface area (Å²) in [6.07, 6.45) is 2.42. The number of carbonyl (C=O) groups excluding carboxylic acids is 3. The quantitative estimate of drug-likeness (QED) is 0.546. The number of nitrogens with zero attached hydrogens (tertiary/aromatic N) is 3. The molecule has 1 N–H and O–H groups in total. The van der Waals surface area contributed by atoms with E-state index in [0.717, 1.165) is 35.0 Å². The van der Waals surface area contributed by atoms with Crippen molar-refractivity contribution in [1.82, 2.24) is 14.8 Å². The minimum atomic E-state index is -1.11. The van der Waals surface area contributed by atoms with Crippen molar-refractivity contribution in [3.63, 3.8) is 0 Å². The molecule has 1 atom stereocenters. The van der Waals surface area contributed by atoms with Crippen molar-refractivity contribution in [2.45, 2.75) is 45.6 Å². The van der Waals surface area contributed by atoms with E-state index in [1.165, 1.54) is 4.90 Å². The zero-order valence-electron chi connectivity index (χ0n) is 19.9. The number of hydrogen-bond acceptors (Lipinski definition) is 3. The average molecular weight is 459 g/mol. The van der Waals surface area contributed by atoms with E-state index < -0.39 is 5.54 Å². The number of imide groups is 1. The highest BCUT2D eigenvalue weighted by atomic mass is 16.2. The number of para-hydroxylation sites is 1. The molecule has 1 aromatic heterocycles. The summed E-state index contributed by atoms with van der Waals surface area (Å²) in [6, 6.07) is 14.5. The number of amides is 4. The van der Waals surface area contributed by atoms with Crippen molar-refractivity contribution in [3.8, 4) is 0 Å². The Labute approximate surface area is 199 Å². The van der Waals surface area contributed by atoms with Gasteiger partial charge in [-0.3, -0.25) is 9.59 Å². The molecule has 1 fully saturated rings. The fraction of sp³-hybridized carbons (Fsp3) is 0.370. The second-order valence-corrected chi connectivity index (χ2v) is 9.26. The molecule has 1 saturated heterocycles. The molecule has 0 saturated carbocycles. The normalized spacial score (nSPS) is 19.5. The van der Waals surface area contributed by atoms with Crippen molar-refractivity contribution in [1.29, 1.82) is 0 Å². The van der Waals surface area contributed by atoms with Gasteiger partial charge in [-0.25, -0.2) is 9.69 Å². The van der Waals surface area contributed by atoms with Crippen molar-refractivity contribution < 1.29 is 14.4 Å². The predicted octanol–water partition coefficient (Wildman–Crippen LogP) is 4.67. The van der Waals surface area contributed by atoms with Crippen LogP contribution in [-0.2, 0) is 16.8 Å². The molecule has 0 spiro atoms. The number of fused-ring (bicyclic) bond motifs is 5. The van der Waals surface area contributed by atoms with E-state index >= 15 is 0 Å². The SMILES string of the molecule is CCCN(CCC)C(=O)c1cccc(N2C(=O)N3CCc4c([nH]c5ccccc45)C3(C)C2=O)c1. The van der Waals surface area contributed by atoms with E-state index in [1.807, 2.05) is 43.9 Å². The molecule has 3 heterocycles. The minimum Gasteiger partial charge on any atom is -0.356 e. The van der Waals surface area contributed by atoms with Crippen LogP contribution >= 0.6 is 0 Å². The first kappa shape index (κ1) is 22.2. The van der Waals surface area contributed by atoms with Crippen LogP contribution in [0, 0.1) is 0 Å². The first-order valence-corrected chi connectivity index (χ1v) is 12.1. The molecular weight excluding hydrogens is 428 g/mol. The number of carbonyl (C=O) groups is 3. The number of nitrogens with one attached hydrogen (secondary N) is 1. The fourth-order valence-electron chi connectivity index (χ4n) is 5.44. The molecule has 1 unspecified atom stereocenters. The zero-order valence-corrected chi connectivity index (χ0v) is 19.9. The van der Waals surface area contributed by atoms with Gasteiger partial charge in [0.2, 0.25) is 0 Å². The molecule has 0 radical (unpaired) electrons. The van der Waals surface area contributed by atoms with Crippen LogP contribution in [0.5, 0.6) is 0 Å². The summed E-state index contributed by atoms with van der Waals surface area (Å²) in [7, 11) is 0. The van der Waals surface area contributed by atoms with Gasteiger partial charge in [-0.15, -0.1) is 0 Å². The Kier molecular flexibility index (Phi) is 5.42. The molecule has 5 rings (SSSR count). The Bertz CT molecular complexity index is 1290. The Balaban J connectivity index is 1.53. The van der Waals surface area contributed by atoms with E-state index in [9.17, 15) is 14.4 Å². The van der Waals surface area contributed by atoms with E-state index in [4.69, 9.17) is 0 Å². The van der Waals surface area contributed by atoms with Crippen LogP contribution in [0.2, 0.25) is 0 Å². The first-order chi connectivity index (χ1) is 16.4. The molecule has 2 aliphatic rings. The molecular formula is C27H30N4O3. The fourth-order valence-corrected chi connectivity index (χ4v) is 5.44. The Morgan fingerprint density at radius 2 is 1.79 bits per heavy atom. The minimum absolute atomic E-state index is 0.0773. The highest BCUT2D eigenvalue weighted by molar-refractivity contribution is 6.24. The molecule has 176 valence electrons. The summed E-state index contributed by atoms with van der Waals surface area (Å²) in [4.78, 5) is 48.7. The largest absolute Gasteiger partial charge is 0.356 e. The Morgan fingerprint density at radius 3 is 2.53 bits per heavy atom. The van der Waals surface area contributed by atoms with Crippen LogP contribution in [0.25, 0.3) is 10.9 Å². The van der Waals surface area contributed by atoms with Crippen LogP contribution in [0.4, 0.5) is 10.5 Å². The van der Waals surface area contributed by atoms with Gasteiger partial charge in [-0.05, 0) is 56.0 Å². The molecule has 0 bridgehead atoms. The third-order valence-electron chi connectivity index (χ3n) is 7.09. The molecule has 4 amide bonds. The van der Waals surface area contributed by atoms with Crippen molar-refractivity contribution >= 4 is 34.4 Å². The van der Waals surface area contributed by atoms with Crippen LogP contribution in [-0.4, -0.2) is 52.3 Å². The smallest absolute Gasteiger partial charge is 0.332 e. The summed E-state index contributed by atoms with van der Waals surface area (Å²) in [6.45, 7) is 7.72. The third kappa shape index (κ3) is 3.14. The second-order valence-electron chi connectivity index (χ2n) is 9.26. The maximum atomic E-state index is 13.9. The van der Waals surface area contributed by atoms with E-state index in [2.05, 4.69) is 11.1 Å². The number of benzene rings is 2. The summed E-state index contributed by atoms with van der Waals surface area (Å²) < 4.78 is 0. The standard InChI is InChI=1S/C27H30N4O3/c1-4-14-29(15-5-2)24(32)18-9-8-10-19(17-18)31-25(33)27(3)23-21(13-16-30(27)26(31)34)20-11-6-7-12-22(20)28-23/h6-12,17,28H,4-5,13-16H2,1-3H3. The Morgan fingerprint density at radius 1 is 1.06 bits per heavy atom. The van der Waals surface area contributed by atoms with E-state index in [-0.39, 0.29) is 17.8 Å². The van der Waals surface area contributed by atoms with E-state index in [0.29, 0.717) is 37.3 Å². The maximum absolute atomic E-state index is 13.9. The number of urea groups is 1. The molecule has 2 aromatic carbocycles. The summed E-state index contributed by atoms with van der Waals surface area (Å²) >= 11 is 0. The van der Waals surface area contributed by atoms with Gasteiger partial charge in [0.25, 0.3) is 11.8 Å². The second kappa shape index (κ2) is 8.31. The molecule has 7 nitrogen and oxygen atoms in total.